The lowest BCUT2D eigenvalue weighted by Crippen LogP contribution is -2.19. The summed E-state index contributed by atoms with van der Waals surface area (Å²) in [5.74, 6) is 0.827. The molecule has 2 heteroatoms. The maximum absolute atomic E-state index is 8.45. The largest absolute Gasteiger partial charge is 0.395 e. The van der Waals surface area contributed by atoms with E-state index in [0.717, 1.165) is 19.0 Å². The van der Waals surface area contributed by atoms with Gasteiger partial charge < -0.3 is 10.4 Å². The van der Waals surface area contributed by atoms with E-state index in [1.807, 2.05) is 0 Å². The molecule has 0 saturated carbocycles. The summed E-state index contributed by atoms with van der Waals surface area (Å²) in [5.41, 5.74) is 0. The first-order valence-electron chi connectivity index (χ1n) is 4.59. The summed E-state index contributed by atoms with van der Waals surface area (Å²) < 4.78 is 0. The first-order chi connectivity index (χ1) is 5.27. The summed E-state index contributed by atoms with van der Waals surface area (Å²) in [6.45, 7) is 6.54. The molecule has 0 aliphatic carbocycles. The van der Waals surface area contributed by atoms with Gasteiger partial charge in [-0.3, -0.25) is 0 Å². The molecule has 68 valence electrons. The van der Waals surface area contributed by atoms with Crippen molar-refractivity contribution in [1.82, 2.24) is 5.32 Å². The van der Waals surface area contributed by atoms with E-state index in [9.17, 15) is 0 Å². The Balaban J connectivity index is 2.80. The number of rotatable bonds is 7. The maximum atomic E-state index is 8.45. The van der Waals surface area contributed by atoms with Crippen LogP contribution in [0.2, 0.25) is 0 Å². The molecule has 0 unspecified atom stereocenters. The summed E-state index contributed by atoms with van der Waals surface area (Å²) >= 11 is 0. The highest BCUT2D eigenvalue weighted by atomic mass is 16.3. The summed E-state index contributed by atoms with van der Waals surface area (Å²) in [6, 6.07) is 0. The molecule has 0 saturated heterocycles. The Labute approximate surface area is 70.0 Å². The van der Waals surface area contributed by atoms with Crippen LogP contribution >= 0.6 is 0 Å². The molecule has 0 heterocycles. The number of aliphatic hydroxyl groups is 1. The Hall–Kier alpha value is -0.0800. The van der Waals surface area contributed by atoms with Gasteiger partial charge >= 0.3 is 0 Å². The Morgan fingerprint density at radius 3 is 2.45 bits per heavy atom. The van der Waals surface area contributed by atoms with Gasteiger partial charge in [-0.15, -0.1) is 0 Å². The number of nitrogens with one attached hydrogen (secondary N) is 1. The van der Waals surface area contributed by atoms with Gasteiger partial charge in [0.1, 0.15) is 0 Å². The predicted molar refractivity (Wildman–Crippen MR) is 48.6 cm³/mol. The highest BCUT2D eigenvalue weighted by Crippen LogP contribution is 2.04. The third-order valence-corrected chi connectivity index (χ3v) is 1.67. The standard InChI is InChI=1S/C9H21NO/c1-9(2)5-3-4-6-10-7-8-11/h9-11H,3-8H2,1-2H3. The van der Waals surface area contributed by atoms with Crippen molar-refractivity contribution in [2.24, 2.45) is 5.92 Å². The fraction of sp³-hybridized carbons (Fsp3) is 1.00. The predicted octanol–water partition coefficient (Wildman–Crippen LogP) is 1.39. The zero-order valence-corrected chi connectivity index (χ0v) is 7.77. The zero-order valence-electron chi connectivity index (χ0n) is 7.77. The van der Waals surface area contributed by atoms with Crippen LogP contribution in [0.3, 0.4) is 0 Å². The van der Waals surface area contributed by atoms with Gasteiger partial charge in [-0.1, -0.05) is 26.7 Å². The molecule has 0 amide bonds. The van der Waals surface area contributed by atoms with Crippen LogP contribution < -0.4 is 5.32 Å². The van der Waals surface area contributed by atoms with Gasteiger partial charge in [-0.05, 0) is 18.9 Å². The molecule has 2 N–H and O–H groups in total. The van der Waals surface area contributed by atoms with Crippen LogP contribution in [0.15, 0.2) is 0 Å². The molecular weight excluding hydrogens is 138 g/mol. The topological polar surface area (TPSA) is 32.3 Å². The monoisotopic (exact) mass is 159 g/mol. The first kappa shape index (κ1) is 10.9. The van der Waals surface area contributed by atoms with E-state index < -0.39 is 0 Å². The average Bonchev–Trinajstić information content (AvgIpc) is 1.96. The minimum atomic E-state index is 0.254. The van der Waals surface area contributed by atoms with Crippen molar-refractivity contribution in [2.45, 2.75) is 33.1 Å². The second-order valence-corrected chi connectivity index (χ2v) is 3.36. The van der Waals surface area contributed by atoms with Gasteiger partial charge in [0.05, 0.1) is 6.61 Å². The van der Waals surface area contributed by atoms with Gasteiger partial charge in [0, 0.05) is 6.54 Å². The second kappa shape index (κ2) is 8.02. The van der Waals surface area contributed by atoms with Gasteiger partial charge in [0.15, 0.2) is 0 Å². The Morgan fingerprint density at radius 2 is 1.91 bits per heavy atom. The van der Waals surface area contributed by atoms with Gasteiger partial charge in [-0.25, -0.2) is 0 Å². The summed E-state index contributed by atoms with van der Waals surface area (Å²) in [7, 11) is 0. The third-order valence-electron chi connectivity index (χ3n) is 1.67. The zero-order chi connectivity index (χ0) is 8.53. The van der Waals surface area contributed by atoms with Crippen LogP contribution in [0.4, 0.5) is 0 Å². The van der Waals surface area contributed by atoms with E-state index in [1.54, 1.807) is 0 Å². The van der Waals surface area contributed by atoms with Gasteiger partial charge in [0.25, 0.3) is 0 Å². The highest BCUT2D eigenvalue weighted by Gasteiger charge is 1.92. The first-order valence-corrected chi connectivity index (χ1v) is 4.59. The molecule has 0 radical (unpaired) electrons. The molecule has 0 aliphatic heterocycles. The maximum Gasteiger partial charge on any atom is 0.0555 e. The molecule has 0 atom stereocenters. The third kappa shape index (κ3) is 9.92. The summed E-state index contributed by atoms with van der Waals surface area (Å²) in [6.07, 6.45) is 3.86. The lowest BCUT2D eigenvalue weighted by Gasteiger charge is -2.04. The van der Waals surface area contributed by atoms with E-state index in [4.69, 9.17) is 5.11 Å². The van der Waals surface area contributed by atoms with Gasteiger partial charge in [-0.2, -0.15) is 0 Å². The van der Waals surface area contributed by atoms with E-state index in [-0.39, 0.29) is 6.61 Å². The molecule has 0 fully saturated rings. The van der Waals surface area contributed by atoms with Crippen molar-refractivity contribution in [3.63, 3.8) is 0 Å². The molecule has 0 bridgehead atoms. The van der Waals surface area contributed by atoms with Crippen LogP contribution in [0.5, 0.6) is 0 Å². The van der Waals surface area contributed by atoms with E-state index in [2.05, 4.69) is 19.2 Å². The lowest BCUT2D eigenvalue weighted by atomic mass is 10.1. The molecule has 0 aromatic carbocycles. The quantitative estimate of drug-likeness (QED) is 0.550. The summed E-state index contributed by atoms with van der Waals surface area (Å²) in [4.78, 5) is 0. The molecule has 11 heavy (non-hydrogen) atoms. The molecule has 0 aliphatic rings. The van der Waals surface area contributed by atoms with Crippen LogP contribution in [0.1, 0.15) is 33.1 Å². The molecule has 0 aromatic rings. The molecule has 0 aromatic heterocycles. The number of unbranched alkanes of at least 4 members (excludes halogenated alkanes) is 1. The van der Waals surface area contributed by atoms with E-state index >= 15 is 0 Å². The van der Waals surface area contributed by atoms with Crippen molar-refractivity contribution in [1.29, 1.82) is 0 Å². The van der Waals surface area contributed by atoms with Crippen LogP contribution in [-0.2, 0) is 0 Å². The Bertz CT molecular complexity index is 74.0. The Kier molecular flexibility index (Phi) is 7.96. The van der Waals surface area contributed by atoms with Crippen molar-refractivity contribution in [3.05, 3.63) is 0 Å². The molecule has 0 rings (SSSR count). The fourth-order valence-corrected chi connectivity index (χ4v) is 1.01. The van der Waals surface area contributed by atoms with Crippen molar-refractivity contribution in [3.8, 4) is 0 Å². The Morgan fingerprint density at radius 1 is 1.18 bits per heavy atom. The van der Waals surface area contributed by atoms with Gasteiger partial charge in [0.2, 0.25) is 0 Å². The number of aliphatic hydroxyl groups excluding tert-OH is 1. The van der Waals surface area contributed by atoms with E-state index in [1.165, 1.54) is 19.3 Å². The fourth-order valence-electron chi connectivity index (χ4n) is 1.01. The molecule has 0 spiro atoms. The van der Waals surface area contributed by atoms with E-state index in [0.29, 0.717) is 0 Å². The molecule has 2 nitrogen and oxygen atoms in total. The second-order valence-electron chi connectivity index (χ2n) is 3.36. The number of hydrogen-bond acceptors (Lipinski definition) is 2. The van der Waals surface area contributed by atoms with Crippen molar-refractivity contribution >= 4 is 0 Å². The minimum Gasteiger partial charge on any atom is -0.395 e. The van der Waals surface area contributed by atoms with Crippen LogP contribution in [0, 0.1) is 5.92 Å². The molecular formula is C9H21NO. The minimum absolute atomic E-state index is 0.254. The lowest BCUT2D eigenvalue weighted by molar-refractivity contribution is 0.291. The van der Waals surface area contributed by atoms with Crippen molar-refractivity contribution in [2.75, 3.05) is 19.7 Å². The summed E-state index contributed by atoms with van der Waals surface area (Å²) in [5, 5.41) is 11.6. The SMILES string of the molecule is CC(C)CCCCNCCO. The number of hydrogen-bond donors (Lipinski definition) is 2. The average molecular weight is 159 g/mol. The smallest absolute Gasteiger partial charge is 0.0555 e. The van der Waals surface area contributed by atoms with Crippen LogP contribution in [0.25, 0.3) is 0 Å². The highest BCUT2D eigenvalue weighted by molar-refractivity contribution is 4.49. The van der Waals surface area contributed by atoms with Crippen molar-refractivity contribution < 1.29 is 5.11 Å². The van der Waals surface area contributed by atoms with Crippen LogP contribution in [-0.4, -0.2) is 24.8 Å². The normalized spacial score (nSPS) is 10.9.